The van der Waals surface area contributed by atoms with Crippen LogP contribution in [-0.2, 0) is 0 Å². The van der Waals surface area contributed by atoms with Crippen LogP contribution in [0.5, 0.6) is 0 Å². The van der Waals surface area contributed by atoms with E-state index in [1.165, 1.54) is 0 Å². The number of pyridine rings is 1. The standard InChI is InChI=1S/C13H11N5/c1-2-6-10(7-3-1)12(13-15-17-18-16-13)11-8-4-5-9-14-11/h1-9,12H,(H,15,16,17,18). The van der Waals surface area contributed by atoms with Crippen molar-refractivity contribution in [2.75, 3.05) is 0 Å². The maximum absolute atomic E-state index is 4.39. The predicted molar refractivity (Wildman–Crippen MR) is 65.8 cm³/mol. The molecule has 0 fully saturated rings. The highest BCUT2D eigenvalue weighted by molar-refractivity contribution is 5.34. The van der Waals surface area contributed by atoms with E-state index >= 15 is 0 Å². The molecular weight excluding hydrogens is 226 g/mol. The average Bonchev–Trinajstić information content (AvgIpc) is 2.95. The normalized spacial score (nSPS) is 12.2. The molecule has 2 aromatic heterocycles. The Kier molecular flexibility index (Phi) is 2.79. The molecule has 2 heterocycles. The molecule has 5 heteroatoms. The molecular formula is C13H11N5. The van der Waals surface area contributed by atoms with Crippen molar-refractivity contribution >= 4 is 0 Å². The van der Waals surface area contributed by atoms with Crippen LogP contribution in [0.15, 0.2) is 54.7 Å². The molecule has 1 N–H and O–H groups in total. The Bertz CT molecular complexity index is 552. The summed E-state index contributed by atoms with van der Waals surface area (Å²) in [7, 11) is 0. The third-order valence-electron chi connectivity index (χ3n) is 2.74. The molecule has 0 bridgehead atoms. The topological polar surface area (TPSA) is 67.3 Å². The third-order valence-corrected chi connectivity index (χ3v) is 2.74. The van der Waals surface area contributed by atoms with Crippen LogP contribution < -0.4 is 0 Å². The van der Waals surface area contributed by atoms with Crippen molar-refractivity contribution in [2.24, 2.45) is 0 Å². The van der Waals surface area contributed by atoms with Gasteiger partial charge in [-0.2, -0.15) is 5.21 Å². The second kappa shape index (κ2) is 4.75. The predicted octanol–water partition coefficient (Wildman–Crippen LogP) is 1.77. The van der Waals surface area contributed by atoms with Gasteiger partial charge in [0.1, 0.15) is 0 Å². The van der Waals surface area contributed by atoms with Gasteiger partial charge in [-0.25, -0.2) is 0 Å². The first-order chi connectivity index (χ1) is 8.95. The molecule has 0 amide bonds. The number of aromatic amines is 1. The Labute approximate surface area is 104 Å². The van der Waals surface area contributed by atoms with Crippen LogP contribution in [0, 0.1) is 0 Å². The van der Waals surface area contributed by atoms with E-state index < -0.39 is 0 Å². The van der Waals surface area contributed by atoms with Gasteiger partial charge in [-0.1, -0.05) is 41.6 Å². The lowest BCUT2D eigenvalue weighted by Gasteiger charge is -2.12. The van der Waals surface area contributed by atoms with E-state index in [4.69, 9.17) is 0 Å². The largest absolute Gasteiger partial charge is 0.260 e. The summed E-state index contributed by atoms with van der Waals surface area (Å²) in [6, 6.07) is 15.9. The molecule has 3 aromatic rings. The minimum absolute atomic E-state index is 0.0915. The molecule has 0 aliphatic heterocycles. The van der Waals surface area contributed by atoms with E-state index in [0.29, 0.717) is 5.82 Å². The molecule has 3 rings (SSSR count). The number of tetrazole rings is 1. The summed E-state index contributed by atoms with van der Waals surface area (Å²) >= 11 is 0. The fourth-order valence-electron chi connectivity index (χ4n) is 1.94. The zero-order valence-electron chi connectivity index (χ0n) is 9.56. The molecule has 1 aromatic carbocycles. The van der Waals surface area contributed by atoms with E-state index in [0.717, 1.165) is 11.3 Å². The minimum atomic E-state index is -0.0915. The lowest BCUT2D eigenvalue weighted by Crippen LogP contribution is -2.07. The van der Waals surface area contributed by atoms with E-state index in [9.17, 15) is 0 Å². The first kappa shape index (κ1) is 10.6. The van der Waals surface area contributed by atoms with Crippen LogP contribution in [0.3, 0.4) is 0 Å². The SMILES string of the molecule is c1ccc(C(c2ccccn2)c2nn[nH]n2)cc1. The van der Waals surface area contributed by atoms with Gasteiger partial charge in [-0.3, -0.25) is 4.98 Å². The van der Waals surface area contributed by atoms with Crippen molar-refractivity contribution in [2.45, 2.75) is 5.92 Å². The number of nitrogens with one attached hydrogen (secondary N) is 1. The fraction of sp³-hybridized carbons (Fsp3) is 0.0769. The maximum atomic E-state index is 4.39. The zero-order chi connectivity index (χ0) is 12.2. The van der Waals surface area contributed by atoms with Crippen molar-refractivity contribution in [1.82, 2.24) is 25.6 Å². The highest BCUT2D eigenvalue weighted by atomic mass is 15.5. The fourth-order valence-corrected chi connectivity index (χ4v) is 1.94. The smallest absolute Gasteiger partial charge is 0.187 e. The summed E-state index contributed by atoms with van der Waals surface area (Å²) in [6.07, 6.45) is 1.77. The first-order valence-electron chi connectivity index (χ1n) is 5.64. The molecule has 0 aliphatic carbocycles. The van der Waals surface area contributed by atoms with E-state index in [1.54, 1.807) is 6.20 Å². The molecule has 0 spiro atoms. The lowest BCUT2D eigenvalue weighted by molar-refractivity contribution is 0.829. The van der Waals surface area contributed by atoms with E-state index in [-0.39, 0.29) is 5.92 Å². The monoisotopic (exact) mass is 237 g/mol. The Morgan fingerprint density at radius 1 is 0.944 bits per heavy atom. The summed E-state index contributed by atoms with van der Waals surface area (Å²) in [4.78, 5) is 4.39. The maximum Gasteiger partial charge on any atom is 0.187 e. The molecule has 5 nitrogen and oxygen atoms in total. The van der Waals surface area contributed by atoms with Crippen molar-refractivity contribution in [3.63, 3.8) is 0 Å². The zero-order valence-corrected chi connectivity index (χ0v) is 9.56. The van der Waals surface area contributed by atoms with Crippen LogP contribution in [-0.4, -0.2) is 25.6 Å². The van der Waals surface area contributed by atoms with Gasteiger partial charge in [0, 0.05) is 6.20 Å². The molecule has 0 saturated heterocycles. The summed E-state index contributed by atoms with van der Waals surface area (Å²) in [6.45, 7) is 0. The van der Waals surface area contributed by atoms with Gasteiger partial charge in [-0.05, 0) is 17.7 Å². The Balaban J connectivity index is 2.11. The summed E-state index contributed by atoms with van der Waals surface area (Å²) in [5.41, 5.74) is 2.00. The number of benzene rings is 1. The molecule has 18 heavy (non-hydrogen) atoms. The van der Waals surface area contributed by atoms with E-state index in [2.05, 4.69) is 25.6 Å². The lowest BCUT2D eigenvalue weighted by atomic mass is 9.94. The van der Waals surface area contributed by atoms with Gasteiger partial charge in [-0.15, -0.1) is 10.2 Å². The van der Waals surface area contributed by atoms with E-state index in [1.807, 2.05) is 48.5 Å². The molecule has 1 atom stereocenters. The van der Waals surface area contributed by atoms with Crippen LogP contribution in [0.25, 0.3) is 0 Å². The number of rotatable bonds is 3. The van der Waals surface area contributed by atoms with Gasteiger partial charge in [0.15, 0.2) is 5.82 Å². The number of hydrogen-bond acceptors (Lipinski definition) is 4. The van der Waals surface area contributed by atoms with Crippen LogP contribution >= 0.6 is 0 Å². The number of nitrogens with zero attached hydrogens (tertiary/aromatic N) is 4. The highest BCUT2D eigenvalue weighted by Gasteiger charge is 2.21. The average molecular weight is 237 g/mol. The number of H-pyrrole nitrogens is 1. The van der Waals surface area contributed by atoms with Crippen molar-refractivity contribution in [3.8, 4) is 0 Å². The first-order valence-corrected chi connectivity index (χ1v) is 5.64. The third kappa shape index (κ3) is 1.98. The number of hydrogen-bond donors (Lipinski definition) is 1. The second-order valence-electron chi connectivity index (χ2n) is 3.87. The molecule has 88 valence electrons. The van der Waals surface area contributed by atoms with Crippen LogP contribution in [0.1, 0.15) is 23.0 Å². The number of aromatic nitrogens is 5. The Morgan fingerprint density at radius 2 is 1.78 bits per heavy atom. The summed E-state index contributed by atoms with van der Waals surface area (Å²) in [5.74, 6) is 0.533. The van der Waals surface area contributed by atoms with Crippen molar-refractivity contribution in [1.29, 1.82) is 0 Å². The Hall–Kier alpha value is -2.56. The second-order valence-corrected chi connectivity index (χ2v) is 3.87. The van der Waals surface area contributed by atoms with Gasteiger partial charge in [0.2, 0.25) is 0 Å². The summed E-state index contributed by atoms with van der Waals surface area (Å²) < 4.78 is 0. The van der Waals surface area contributed by atoms with Gasteiger partial charge in [0.25, 0.3) is 0 Å². The van der Waals surface area contributed by atoms with Crippen LogP contribution in [0.4, 0.5) is 0 Å². The molecule has 1 unspecified atom stereocenters. The van der Waals surface area contributed by atoms with Crippen molar-refractivity contribution in [3.05, 3.63) is 71.8 Å². The molecule has 0 radical (unpaired) electrons. The Morgan fingerprint density at radius 3 is 2.44 bits per heavy atom. The van der Waals surface area contributed by atoms with Gasteiger partial charge >= 0.3 is 0 Å². The summed E-state index contributed by atoms with van der Waals surface area (Å²) in [5, 5.41) is 14.3. The van der Waals surface area contributed by atoms with Gasteiger partial charge < -0.3 is 0 Å². The van der Waals surface area contributed by atoms with Crippen LogP contribution in [0.2, 0.25) is 0 Å². The molecule has 0 saturated carbocycles. The quantitative estimate of drug-likeness (QED) is 0.754. The molecule has 0 aliphatic rings. The highest BCUT2D eigenvalue weighted by Crippen LogP contribution is 2.27. The van der Waals surface area contributed by atoms with Crippen molar-refractivity contribution < 1.29 is 0 Å². The minimum Gasteiger partial charge on any atom is -0.260 e. The van der Waals surface area contributed by atoms with Gasteiger partial charge in [0.05, 0.1) is 11.6 Å².